The first kappa shape index (κ1) is 24.2. The summed E-state index contributed by atoms with van der Waals surface area (Å²) in [5.74, 6) is -0.101. The molecule has 2 atom stereocenters. The van der Waals surface area contributed by atoms with E-state index in [1.807, 2.05) is 39.1 Å². The van der Waals surface area contributed by atoms with Crippen LogP contribution >= 0.6 is 11.3 Å². The molecule has 5 nitrogen and oxygen atoms in total. The molecule has 0 spiro atoms. The maximum Gasteiger partial charge on any atom is 0.242 e. The van der Waals surface area contributed by atoms with Gasteiger partial charge in [0.05, 0.1) is 6.04 Å². The Hall–Kier alpha value is -2.41. The van der Waals surface area contributed by atoms with E-state index in [1.54, 1.807) is 39.3 Å². The summed E-state index contributed by atoms with van der Waals surface area (Å²) < 4.78 is 19.9. The summed E-state index contributed by atoms with van der Waals surface area (Å²) in [6, 6.07) is 7.99. The standard InChI is InChI=1S/C25H33FN2O3S/c1-5-18(4)28(24(29)14-17(2)3)15-25(30)27-12-10-23-19(11-13-32-23)21(27)16-31-22-9-7-6-8-20(22)26/h6-9,11,13,17-18,21H,5,10,12,14-16H2,1-4H3/t18-,21+/m1/s1. The van der Waals surface area contributed by atoms with E-state index < -0.39 is 5.82 Å². The van der Waals surface area contributed by atoms with Crippen LogP contribution in [0.1, 0.15) is 57.0 Å². The summed E-state index contributed by atoms with van der Waals surface area (Å²) in [6.07, 6.45) is 1.98. The van der Waals surface area contributed by atoms with E-state index in [-0.39, 0.29) is 48.7 Å². The zero-order valence-electron chi connectivity index (χ0n) is 19.3. The Labute approximate surface area is 194 Å². The summed E-state index contributed by atoms with van der Waals surface area (Å²) in [7, 11) is 0. The first-order valence-electron chi connectivity index (χ1n) is 11.3. The second-order valence-electron chi connectivity index (χ2n) is 8.77. The van der Waals surface area contributed by atoms with Gasteiger partial charge in [0.1, 0.15) is 13.2 Å². The predicted molar refractivity (Wildman–Crippen MR) is 125 cm³/mol. The lowest BCUT2D eigenvalue weighted by Crippen LogP contribution is -2.50. The van der Waals surface area contributed by atoms with E-state index in [1.165, 1.54) is 10.9 Å². The van der Waals surface area contributed by atoms with E-state index in [0.717, 1.165) is 18.4 Å². The second-order valence-corrected chi connectivity index (χ2v) is 9.77. The molecule has 0 N–H and O–H groups in total. The zero-order chi connectivity index (χ0) is 23.3. The van der Waals surface area contributed by atoms with E-state index >= 15 is 0 Å². The van der Waals surface area contributed by atoms with Crippen LogP contribution in [0.2, 0.25) is 0 Å². The molecule has 174 valence electrons. The van der Waals surface area contributed by atoms with Crippen molar-refractivity contribution in [3.05, 3.63) is 52.0 Å². The highest BCUT2D eigenvalue weighted by atomic mass is 32.1. The van der Waals surface area contributed by atoms with Gasteiger partial charge in [-0.25, -0.2) is 4.39 Å². The van der Waals surface area contributed by atoms with Crippen molar-refractivity contribution in [2.75, 3.05) is 19.7 Å². The second kappa shape index (κ2) is 10.9. The maximum absolute atomic E-state index is 14.1. The fourth-order valence-corrected chi connectivity index (χ4v) is 4.95. The molecule has 0 radical (unpaired) electrons. The summed E-state index contributed by atoms with van der Waals surface area (Å²) in [5.41, 5.74) is 1.05. The number of halogens is 1. The summed E-state index contributed by atoms with van der Waals surface area (Å²) in [5, 5.41) is 2.02. The Bertz CT molecular complexity index is 929. The predicted octanol–water partition coefficient (Wildman–Crippen LogP) is 5.07. The van der Waals surface area contributed by atoms with Crippen molar-refractivity contribution >= 4 is 23.2 Å². The third kappa shape index (κ3) is 5.68. The van der Waals surface area contributed by atoms with Gasteiger partial charge in [0, 0.05) is 23.9 Å². The third-order valence-electron chi connectivity index (χ3n) is 5.98. The van der Waals surface area contributed by atoms with Crippen molar-refractivity contribution < 1.29 is 18.7 Å². The Morgan fingerprint density at radius 3 is 2.69 bits per heavy atom. The molecule has 1 aliphatic rings. The fraction of sp³-hybridized carbons (Fsp3) is 0.520. The number of para-hydroxylation sites is 1. The first-order chi connectivity index (χ1) is 15.3. The van der Waals surface area contributed by atoms with Crippen molar-refractivity contribution in [3.63, 3.8) is 0 Å². The molecule has 7 heteroatoms. The number of nitrogens with zero attached hydrogens (tertiary/aromatic N) is 2. The highest BCUT2D eigenvalue weighted by molar-refractivity contribution is 7.10. The molecular weight excluding hydrogens is 427 g/mol. The maximum atomic E-state index is 14.1. The number of rotatable bonds is 9. The quantitative estimate of drug-likeness (QED) is 0.525. The van der Waals surface area contributed by atoms with Crippen LogP contribution in [-0.2, 0) is 16.0 Å². The SMILES string of the molecule is CC[C@@H](C)N(CC(=O)N1CCc2sccc2[C@@H]1COc1ccccc1F)C(=O)CC(C)C. The first-order valence-corrected chi connectivity index (χ1v) is 12.2. The molecule has 2 heterocycles. The summed E-state index contributed by atoms with van der Waals surface area (Å²) in [6.45, 7) is 8.80. The van der Waals surface area contributed by atoms with Crippen LogP contribution in [0.5, 0.6) is 5.75 Å². The average molecular weight is 461 g/mol. The largest absolute Gasteiger partial charge is 0.488 e. The van der Waals surface area contributed by atoms with Gasteiger partial charge in [-0.15, -0.1) is 11.3 Å². The topological polar surface area (TPSA) is 49.9 Å². The minimum Gasteiger partial charge on any atom is -0.488 e. The molecule has 32 heavy (non-hydrogen) atoms. The Kier molecular flexibility index (Phi) is 8.29. The van der Waals surface area contributed by atoms with Crippen molar-refractivity contribution in [1.82, 2.24) is 9.80 Å². The molecule has 0 aliphatic carbocycles. The van der Waals surface area contributed by atoms with Crippen LogP contribution in [0.4, 0.5) is 4.39 Å². The molecule has 0 unspecified atom stereocenters. The Morgan fingerprint density at radius 2 is 2.00 bits per heavy atom. The van der Waals surface area contributed by atoms with E-state index in [9.17, 15) is 14.0 Å². The number of fused-ring (bicyclic) bond motifs is 1. The van der Waals surface area contributed by atoms with Gasteiger partial charge in [-0.2, -0.15) is 0 Å². The number of hydrogen-bond acceptors (Lipinski definition) is 4. The van der Waals surface area contributed by atoms with Gasteiger partial charge in [-0.1, -0.05) is 32.9 Å². The van der Waals surface area contributed by atoms with Crippen LogP contribution in [0.3, 0.4) is 0 Å². The van der Waals surface area contributed by atoms with Gasteiger partial charge in [0.15, 0.2) is 11.6 Å². The van der Waals surface area contributed by atoms with Crippen LogP contribution in [0.25, 0.3) is 0 Å². The number of thiophene rings is 1. The van der Waals surface area contributed by atoms with Gasteiger partial charge in [-0.05, 0) is 54.8 Å². The highest BCUT2D eigenvalue weighted by Gasteiger charge is 2.34. The number of amides is 2. The molecule has 0 fully saturated rings. The van der Waals surface area contributed by atoms with Gasteiger partial charge >= 0.3 is 0 Å². The third-order valence-corrected chi connectivity index (χ3v) is 6.98. The molecule has 2 amide bonds. The molecule has 3 rings (SSSR count). The lowest BCUT2D eigenvalue weighted by Gasteiger charge is -2.38. The van der Waals surface area contributed by atoms with Crippen molar-refractivity contribution in [1.29, 1.82) is 0 Å². The number of carbonyl (C=O) groups excluding carboxylic acids is 2. The van der Waals surface area contributed by atoms with Gasteiger partial charge < -0.3 is 14.5 Å². The lowest BCUT2D eigenvalue weighted by molar-refractivity contribution is -0.144. The highest BCUT2D eigenvalue weighted by Crippen LogP contribution is 2.34. The van der Waals surface area contributed by atoms with Crippen LogP contribution in [-0.4, -0.2) is 47.4 Å². The fourth-order valence-electron chi connectivity index (χ4n) is 4.02. The summed E-state index contributed by atoms with van der Waals surface area (Å²) in [4.78, 5) is 31.0. The van der Waals surface area contributed by atoms with Crippen molar-refractivity contribution in [2.45, 2.75) is 59.0 Å². The van der Waals surface area contributed by atoms with Crippen LogP contribution in [0, 0.1) is 11.7 Å². The average Bonchev–Trinajstić information content (AvgIpc) is 3.24. The van der Waals surface area contributed by atoms with E-state index in [4.69, 9.17) is 4.74 Å². The minimum atomic E-state index is -0.422. The van der Waals surface area contributed by atoms with E-state index in [2.05, 4.69) is 0 Å². The smallest absolute Gasteiger partial charge is 0.242 e. The number of ether oxygens (including phenoxy) is 1. The van der Waals surface area contributed by atoms with Gasteiger partial charge in [-0.3, -0.25) is 9.59 Å². The van der Waals surface area contributed by atoms with Gasteiger partial charge in [0.2, 0.25) is 11.8 Å². The van der Waals surface area contributed by atoms with Gasteiger partial charge in [0.25, 0.3) is 0 Å². The zero-order valence-corrected chi connectivity index (χ0v) is 20.2. The molecule has 0 saturated heterocycles. The number of carbonyl (C=O) groups is 2. The summed E-state index contributed by atoms with van der Waals surface area (Å²) >= 11 is 1.67. The normalized spacial score (nSPS) is 16.6. The Balaban J connectivity index is 1.79. The van der Waals surface area contributed by atoms with Crippen LogP contribution in [0.15, 0.2) is 35.7 Å². The monoisotopic (exact) mass is 460 g/mol. The molecule has 0 bridgehead atoms. The lowest BCUT2D eigenvalue weighted by atomic mass is 10.00. The Morgan fingerprint density at radius 1 is 1.25 bits per heavy atom. The molecule has 0 saturated carbocycles. The minimum absolute atomic E-state index is 0.00934. The molecular formula is C25H33FN2O3S. The molecule has 1 aromatic heterocycles. The molecule has 1 aromatic carbocycles. The molecule has 1 aliphatic heterocycles. The number of hydrogen-bond donors (Lipinski definition) is 0. The van der Waals surface area contributed by atoms with Crippen LogP contribution < -0.4 is 4.74 Å². The van der Waals surface area contributed by atoms with E-state index in [0.29, 0.717) is 13.0 Å². The van der Waals surface area contributed by atoms with Crippen molar-refractivity contribution in [2.24, 2.45) is 5.92 Å². The van der Waals surface area contributed by atoms with Crippen molar-refractivity contribution in [3.8, 4) is 5.75 Å². The molecule has 2 aromatic rings. The number of benzene rings is 1.